The van der Waals surface area contributed by atoms with Gasteiger partial charge in [0.25, 0.3) is 11.6 Å². The van der Waals surface area contributed by atoms with E-state index in [2.05, 4.69) is 13.6 Å². The third kappa shape index (κ3) is 3.10. The van der Waals surface area contributed by atoms with Crippen molar-refractivity contribution in [3.8, 4) is 5.88 Å². The maximum absolute atomic E-state index is 10.6. The van der Waals surface area contributed by atoms with E-state index in [4.69, 9.17) is 4.74 Å². The second-order valence-electron chi connectivity index (χ2n) is 4.80. The van der Waals surface area contributed by atoms with Crippen molar-refractivity contribution in [1.82, 2.24) is 8.75 Å². The minimum absolute atomic E-state index is 0.0758. The van der Waals surface area contributed by atoms with Crippen molar-refractivity contribution in [3.63, 3.8) is 0 Å². The number of ether oxygens (including phenoxy) is 1. The fourth-order valence-electron chi connectivity index (χ4n) is 2.25. The lowest BCUT2D eigenvalue weighted by Crippen LogP contribution is -2.18. The normalized spacial score (nSPS) is 14.4. The van der Waals surface area contributed by atoms with Gasteiger partial charge in [0, 0.05) is 25.2 Å². The van der Waals surface area contributed by atoms with E-state index in [9.17, 15) is 10.1 Å². The minimum atomic E-state index is -0.416. The largest absolute Gasteiger partial charge is 0.470 e. The topological polar surface area (TPSA) is 81.4 Å². The average Bonchev–Trinajstić information content (AvgIpc) is 3.16. The monoisotopic (exact) mass is 306 g/mol. The molecule has 1 aromatic heterocycles. The number of anilines is 1. The van der Waals surface area contributed by atoms with Crippen molar-refractivity contribution in [3.05, 3.63) is 39.9 Å². The number of nitrogens with zero attached hydrogens (tertiary/aromatic N) is 4. The number of hydrogen-bond donors (Lipinski definition) is 0. The molecule has 0 saturated carbocycles. The maximum Gasteiger partial charge on any atom is 0.271 e. The summed E-state index contributed by atoms with van der Waals surface area (Å²) in [7, 11) is 0. The first kappa shape index (κ1) is 13.7. The zero-order valence-corrected chi connectivity index (χ0v) is 12.1. The Hall–Kier alpha value is -2.22. The van der Waals surface area contributed by atoms with E-state index in [0.717, 1.165) is 36.2 Å². The molecule has 0 radical (unpaired) electrons. The molecule has 7 nitrogen and oxygen atoms in total. The van der Waals surface area contributed by atoms with Crippen LogP contribution in [0.5, 0.6) is 5.88 Å². The van der Waals surface area contributed by atoms with Crippen LogP contribution in [0, 0.1) is 10.1 Å². The van der Waals surface area contributed by atoms with Gasteiger partial charge in [-0.25, -0.2) is 0 Å². The first-order valence-electron chi connectivity index (χ1n) is 6.67. The molecule has 1 aliphatic heterocycles. The van der Waals surface area contributed by atoms with E-state index < -0.39 is 4.92 Å². The average molecular weight is 306 g/mol. The van der Waals surface area contributed by atoms with Crippen LogP contribution >= 0.6 is 11.7 Å². The second kappa shape index (κ2) is 6.04. The predicted molar refractivity (Wildman–Crippen MR) is 78.8 cm³/mol. The molecule has 0 N–H and O–H groups in total. The third-order valence-electron chi connectivity index (χ3n) is 3.37. The van der Waals surface area contributed by atoms with Gasteiger partial charge in [0.2, 0.25) is 5.82 Å². The third-order valence-corrected chi connectivity index (χ3v) is 3.87. The summed E-state index contributed by atoms with van der Waals surface area (Å²) in [5.41, 5.74) is 0.938. The molecule has 1 aromatic carbocycles. The van der Waals surface area contributed by atoms with Crippen molar-refractivity contribution in [2.24, 2.45) is 0 Å². The molecule has 0 spiro atoms. The first-order chi connectivity index (χ1) is 10.2. The Balaban J connectivity index is 1.65. The molecule has 3 rings (SSSR count). The lowest BCUT2D eigenvalue weighted by molar-refractivity contribution is -0.384. The molecule has 2 aromatic rings. The Labute approximate surface area is 125 Å². The van der Waals surface area contributed by atoms with E-state index in [1.54, 1.807) is 12.1 Å². The van der Waals surface area contributed by atoms with E-state index in [-0.39, 0.29) is 5.69 Å². The van der Waals surface area contributed by atoms with Gasteiger partial charge in [-0.2, -0.15) is 4.37 Å². The molecule has 1 aliphatic rings. The van der Waals surface area contributed by atoms with Gasteiger partial charge >= 0.3 is 0 Å². The van der Waals surface area contributed by atoms with Gasteiger partial charge in [-0.3, -0.25) is 10.1 Å². The number of nitro groups is 1. The summed E-state index contributed by atoms with van der Waals surface area (Å²) in [4.78, 5) is 12.4. The van der Waals surface area contributed by atoms with Gasteiger partial charge in [0.15, 0.2) is 0 Å². The van der Waals surface area contributed by atoms with Crippen molar-refractivity contribution >= 4 is 23.2 Å². The van der Waals surface area contributed by atoms with Crippen LogP contribution in [0.1, 0.15) is 18.4 Å². The summed E-state index contributed by atoms with van der Waals surface area (Å²) in [5.74, 6) is 1.35. The van der Waals surface area contributed by atoms with Crippen LogP contribution in [0.15, 0.2) is 24.3 Å². The Morgan fingerprint density at radius 2 is 1.95 bits per heavy atom. The minimum Gasteiger partial charge on any atom is -0.470 e. The first-order valence-corrected chi connectivity index (χ1v) is 7.41. The lowest BCUT2D eigenvalue weighted by atomic mass is 10.2. The Kier molecular flexibility index (Phi) is 3.96. The number of aromatic nitrogens is 2. The molecule has 21 heavy (non-hydrogen) atoms. The molecule has 1 fully saturated rings. The smallest absolute Gasteiger partial charge is 0.271 e. The Morgan fingerprint density at radius 3 is 2.62 bits per heavy atom. The van der Waals surface area contributed by atoms with Gasteiger partial charge in [-0.15, -0.1) is 4.37 Å². The van der Waals surface area contributed by atoms with Crippen LogP contribution in [0.3, 0.4) is 0 Å². The van der Waals surface area contributed by atoms with E-state index in [0.29, 0.717) is 12.5 Å². The highest BCUT2D eigenvalue weighted by Gasteiger charge is 2.20. The van der Waals surface area contributed by atoms with Crippen LogP contribution in [0.2, 0.25) is 0 Å². The van der Waals surface area contributed by atoms with Gasteiger partial charge < -0.3 is 9.64 Å². The summed E-state index contributed by atoms with van der Waals surface area (Å²) in [6.07, 6.45) is 2.33. The molecular weight excluding hydrogens is 292 g/mol. The summed E-state index contributed by atoms with van der Waals surface area (Å²) in [5, 5.41) is 10.6. The molecular formula is C13H14N4O3S. The number of nitro benzene ring substituents is 1. The van der Waals surface area contributed by atoms with Gasteiger partial charge in [-0.05, 0) is 30.5 Å². The molecule has 0 atom stereocenters. The molecule has 0 unspecified atom stereocenters. The molecule has 0 bridgehead atoms. The second-order valence-corrected chi connectivity index (χ2v) is 5.33. The zero-order chi connectivity index (χ0) is 14.7. The van der Waals surface area contributed by atoms with E-state index in [1.165, 1.54) is 25.0 Å². The van der Waals surface area contributed by atoms with Crippen molar-refractivity contribution in [1.29, 1.82) is 0 Å². The van der Waals surface area contributed by atoms with Crippen LogP contribution in [-0.4, -0.2) is 26.8 Å². The highest BCUT2D eigenvalue weighted by molar-refractivity contribution is 6.99. The predicted octanol–water partition coefficient (Wildman–Crippen LogP) is 2.63. The van der Waals surface area contributed by atoms with Crippen LogP contribution in [0.4, 0.5) is 11.5 Å². The molecule has 8 heteroatoms. The SMILES string of the molecule is O=[N+]([O-])c1ccc(COc2nsnc2N2CCCC2)cc1. The standard InChI is InChI=1S/C13H14N4O3S/c18-17(19)11-5-3-10(4-6-11)9-20-13-12(14-21-15-13)16-7-1-2-8-16/h3-6H,1-2,7-9H2. The van der Waals surface area contributed by atoms with Gasteiger partial charge in [0.1, 0.15) is 6.61 Å². The fourth-order valence-corrected chi connectivity index (χ4v) is 2.77. The molecule has 2 heterocycles. The van der Waals surface area contributed by atoms with E-state index in [1.807, 2.05) is 0 Å². The number of rotatable bonds is 5. The highest BCUT2D eigenvalue weighted by atomic mass is 32.1. The van der Waals surface area contributed by atoms with Crippen LogP contribution in [0.25, 0.3) is 0 Å². The molecule has 1 saturated heterocycles. The van der Waals surface area contributed by atoms with Crippen molar-refractivity contribution in [2.45, 2.75) is 19.4 Å². The maximum atomic E-state index is 10.6. The zero-order valence-electron chi connectivity index (χ0n) is 11.3. The number of non-ortho nitro benzene ring substituents is 1. The lowest BCUT2D eigenvalue weighted by Gasteiger charge is -2.15. The van der Waals surface area contributed by atoms with E-state index >= 15 is 0 Å². The molecule has 0 aliphatic carbocycles. The Morgan fingerprint density at radius 1 is 1.24 bits per heavy atom. The van der Waals surface area contributed by atoms with Crippen molar-refractivity contribution < 1.29 is 9.66 Å². The van der Waals surface area contributed by atoms with Crippen LogP contribution in [-0.2, 0) is 6.61 Å². The van der Waals surface area contributed by atoms with Gasteiger partial charge in [0.05, 0.1) is 16.7 Å². The fraction of sp³-hybridized carbons (Fsp3) is 0.385. The Bertz CT molecular complexity index is 623. The summed E-state index contributed by atoms with van der Waals surface area (Å²) >= 11 is 1.14. The number of benzene rings is 1. The quantitative estimate of drug-likeness (QED) is 0.624. The van der Waals surface area contributed by atoms with Gasteiger partial charge in [-0.1, -0.05) is 0 Å². The summed E-state index contributed by atoms with van der Waals surface area (Å²) in [6.45, 7) is 2.29. The summed E-state index contributed by atoms with van der Waals surface area (Å²) < 4.78 is 14.2. The van der Waals surface area contributed by atoms with Crippen molar-refractivity contribution in [2.75, 3.05) is 18.0 Å². The molecule has 110 valence electrons. The highest BCUT2D eigenvalue weighted by Crippen LogP contribution is 2.29. The number of hydrogen-bond acceptors (Lipinski definition) is 7. The van der Waals surface area contributed by atoms with Crippen LogP contribution < -0.4 is 9.64 Å². The summed E-state index contributed by atoms with van der Waals surface area (Å²) in [6, 6.07) is 6.32. The molecule has 0 amide bonds.